The quantitative estimate of drug-likeness (QED) is 0.0741. The Morgan fingerprint density at radius 1 is 0.459 bits per heavy atom. The molecule has 0 atom stereocenters. The first kappa shape index (κ1) is 38.5. The lowest BCUT2D eigenvalue weighted by Crippen LogP contribution is -2.36. The van der Waals surface area contributed by atoms with Gasteiger partial charge in [0.05, 0.1) is 35.2 Å². The van der Waals surface area contributed by atoms with Crippen molar-refractivity contribution < 1.29 is 4.57 Å². The zero-order valence-electron chi connectivity index (χ0n) is 34.0. The summed E-state index contributed by atoms with van der Waals surface area (Å²) in [5.41, 5.74) is 7.11. The van der Waals surface area contributed by atoms with E-state index in [2.05, 4.69) is 86.4 Å². The van der Waals surface area contributed by atoms with Crippen molar-refractivity contribution >= 4 is 73.7 Å². The Hall–Kier alpha value is -7.99. The average Bonchev–Trinajstić information content (AvgIpc) is 3.82. The van der Waals surface area contributed by atoms with Crippen LogP contribution in [0, 0.1) is 0 Å². The zero-order valence-corrected chi connectivity index (χ0v) is 34.0. The van der Waals surface area contributed by atoms with Crippen molar-refractivity contribution in [3.05, 3.63) is 184 Å². The minimum absolute atomic E-state index is 0.480. The van der Waals surface area contributed by atoms with E-state index < -0.39 is 0 Å². The third-order valence-electron chi connectivity index (χ3n) is 10.6. The summed E-state index contributed by atoms with van der Waals surface area (Å²) in [6.45, 7) is 27.8. The molecule has 12 nitrogen and oxygen atoms in total. The molecule has 9 rings (SSSR count). The maximum atomic E-state index is 5.15. The largest absolute Gasteiger partial charge is 0.323 e. The molecule has 0 amide bonds. The lowest BCUT2D eigenvalue weighted by Gasteiger charge is -2.25. The number of imidazole rings is 1. The van der Waals surface area contributed by atoms with Crippen LogP contribution in [0.15, 0.2) is 178 Å². The molecule has 0 saturated carbocycles. The summed E-state index contributed by atoms with van der Waals surface area (Å²) in [4.78, 5) is 39.5. The molecule has 300 valence electrons. The van der Waals surface area contributed by atoms with Crippen LogP contribution in [-0.2, 0) is 13.1 Å². The van der Waals surface area contributed by atoms with Crippen LogP contribution in [-0.4, -0.2) is 60.6 Å². The van der Waals surface area contributed by atoms with Crippen molar-refractivity contribution in [3.8, 4) is 0 Å². The molecule has 7 aromatic rings. The fourth-order valence-electron chi connectivity index (χ4n) is 8.01. The molecule has 0 spiro atoms. The molecule has 4 aromatic heterocycles. The van der Waals surface area contributed by atoms with Gasteiger partial charge in [0.2, 0.25) is 5.82 Å². The van der Waals surface area contributed by atoms with E-state index in [0.29, 0.717) is 39.3 Å². The predicted octanol–water partition coefficient (Wildman–Crippen LogP) is 8.59. The smallest absolute Gasteiger partial charge is 0.305 e. The van der Waals surface area contributed by atoms with Gasteiger partial charge in [-0.25, -0.2) is 34.1 Å². The minimum Gasteiger partial charge on any atom is -0.305 e. The van der Waals surface area contributed by atoms with E-state index in [-0.39, 0.29) is 0 Å². The second-order valence-corrected chi connectivity index (χ2v) is 14.5. The average molecular weight is 802 g/mol. The summed E-state index contributed by atoms with van der Waals surface area (Å²) in [5, 5.41) is 0. The molecule has 2 aliphatic heterocycles. The van der Waals surface area contributed by atoms with Gasteiger partial charge in [-0.1, -0.05) is 91.0 Å². The lowest BCUT2D eigenvalue weighted by molar-refractivity contribution is -0.665. The van der Waals surface area contributed by atoms with Crippen LogP contribution in [0.25, 0.3) is 50.5 Å². The number of aromatic nitrogens is 8. The number of hydrogen-bond acceptors (Lipinski definition) is 10. The minimum atomic E-state index is 0.480. The van der Waals surface area contributed by atoms with Crippen LogP contribution < -0.4 is 24.2 Å². The predicted molar refractivity (Wildman–Crippen MR) is 249 cm³/mol. The van der Waals surface area contributed by atoms with Gasteiger partial charge in [-0.2, -0.15) is 0 Å². The molecule has 0 N–H and O–H groups in total. The standard InChI is InChI=1S/C49H45N12/c1-7-25-56-41(57(26-8-2)45-44(56)50-35-19-13-14-20-36(35)51-45)31-34(32-42-58(27-9-3)46-47(59(42)28-10-4)53-38-22-16-15-21-37(38)52-46)33-43-60(29-11-5)48-49(61(43)30-12-6)55-40-24-18-17-23-39(40)54-48/h7-24,31-33H,1-6,25-30H2/q+1. The Bertz CT molecular complexity index is 2730. The van der Waals surface area contributed by atoms with Crippen LogP contribution in [0.4, 0.5) is 23.3 Å². The van der Waals surface area contributed by atoms with E-state index in [0.717, 1.165) is 90.7 Å². The van der Waals surface area contributed by atoms with Crippen molar-refractivity contribution in [1.29, 1.82) is 0 Å². The van der Waals surface area contributed by atoms with E-state index in [9.17, 15) is 0 Å². The van der Waals surface area contributed by atoms with Crippen LogP contribution in [0.2, 0.25) is 0 Å². The summed E-state index contributed by atoms with van der Waals surface area (Å²) < 4.78 is 4.29. The Balaban J connectivity index is 1.35. The Kier molecular flexibility index (Phi) is 10.3. The van der Waals surface area contributed by atoms with E-state index in [1.54, 1.807) is 0 Å². The number of para-hydroxylation sites is 6. The Morgan fingerprint density at radius 2 is 0.820 bits per heavy atom. The zero-order chi connectivity index (χ0) is 42.0. The van der Waals surface area contributed by atoms with Crippen molar-refractivity contribution in [1.82, 2.24) is 34.5 Å². The summed E-state index contributed by atoms with van der Waals surface area (Å²) >= 11 is 0. The number of fused-ring (bicyclic) bond motifs is 6. The highest BCUT2D eigenvalue weighted by Crippen LogP contribution is 2.43. The molecule has 12 heteroatoms. The number of hydrogen-bond donors (Lipinski definition) is 0. The fraction of sp³-hybridized carbons (Fsp3) is 0.122. The Morgan fingerprint density at radius 3 is 1.18 bits per heavy atom. The van der Waals surface area contributed by atoms with Crippen LogP contribution in [0.1, 0.15) is 5.82 Å². The molecule has 0 fully saturated rings. The maximum absolute atomic E-state index is 5.15. The molecule has 6 heterocycles. The van der Waals surface area contributed by atoms with Crippen molar-refractivity contribution in [2.75, 3.05) is 45.8 Å². The summed E-state index contributed by atoms with van der Waals surface area (Å²) in [6, 6.07) is 23.8. The molecule has 0 unspecified atom stereocenters. The number of nitrogens with zero attached hydrogens (tertiary/aromatic N) is 12. The topological polar surface area (TPSA) is 99.1 Å². The number of allylic oxidation sites excluding steroid dienone is 5. The number of rotatable bonds is 15. The highest BCUT2D eigenvalue weighted by molar-refractivity contribution is 5.89. The highest BCUT2D eigenvalue weighted by atomic mass is 15.5. The number of benzene rings is 3. The van der Waals surface area contributed by atoms with E-state index >= 15 is 0 Å². The Labute approximate surface area is 354 Å². The van der Waals surface area contributed by atoms with Crippen molar-refractivity contribution in [3.63, 3.8) is 0 Å². The molecule has 0 bridgehead atoms. The third-order valence-corrected chi connectivity index (χ3v) is 10.6. The molecule has 61 heavy (non-hydrogen) atoms. The van der Waals surface area contributed by atoms with Gasteiger partial charge in [0, 0.05) is 32.3 Å². The normalized spacial score (nSPS) is 13.2. The molecule has 0 saturated heterocycles. The summed E-state index contributed by atoms with van der Waals surface area (Å²) in [6.07, 6.45) is 17.8. The van der Waals surface area contributed by atoms with Gasteiger partial charge in [-0.15, -0.1) is 26.3 Å². The van der Waals surface area contributed by atoms with E-state index in [4.69, 9.17) is 29.9 Å². The van der Waals surface area contributed by atoms with Gasteiger partial charge in [0.25, 0.3) is 5.65 Å². The third kappa shape index (κ3) is 6.73. The van der Waals surface area contributed by atoms with E-state index in [1.165, 1.54) is 0 Å². The van der Waals surface area contributed by atoms with Crippen LogP contribution in [0.3, 0.4) is 0 Å². The maximum Gasteiger partial charge on any atom is 0.323 e. The first-order valence-corrected chi connectivity index (χ1v) is 20.1. The SMILES string of the molecule is C=CCN1C(=CC(=Cc2n(CC=C)c3nc4ccccc4nc3[n+]2CC=C)C=C2N(CC=C)c3nc4ccccc4nc3N2CC=C)N(CC=C)c2nc3ccccc3nc21. The van der Waals surface area contributed by atoms with Gasteiger partial charge in [0.1, 0.15) is 17.2 Å². The monoisotopic (exact) mass is 801 g/mol. The van der Waals surface area contributed by atoms with Gasteiger partial charge in [-0.3, -0.25) is 0 Å². The molecular formula is C49H45N12+. The van der Waals surface area contributed by atoms with Crippen molar-refractivity contribution in [2.24, 2.45) is 0 Å². The van der Waals surface area contributed by atoms with Crippen molar-refractivity contribution in [2.45, 2.75) is 13.1 Å². The first-order valence-electron chi connectivity index (χ1n) is 20.1. The molecule has 3 aromatic carbocycles. The van der Waals surface area contributed by atoms with Gasteiger partial charge < -0.3 is 19.6 Å². The second-order valence-electron chi connectivity index (χ2n) is 14.5. The molecule has 0 aliphatic carbocycles. The summed E-state index contributed by atoms with van der Waals surface area (Å²) in [7, 11) is 0. The molecular weight excluding hydrogens is 757 g/mol. The van der Waals surface area contributed by atoms with Gasteiger partial charge in [0.15, 0.2) is 28.8 Å². The number of anilines is 4. The summed E-state index contributed by atoms with van der Waals surface area (Å²) in [5.74, 6) is 5.47. The molecule has 0 radical (unpaired) electrons. The highest BCUT2D eigenvalue weighted by Gasteiger charge is 2.36. The lowest BCUT2D eigenvalue weighted by atomic mass is 10.2. The van der Waals surface area contributed by atoms with Crippen LogP contribution >= 0.6 is 0 Å². The van der Waals surface area contributed by atoms with Crippen LogP contribution in [0.5, 0.6) is 0 Å². The first-order chi connectivity index (χ1) is 30.0. The molecule has 2 aliphatic rings. The fourth-order valence-corrected chi connectivity index (χ4v) is 8.01. The van der Waals surface area contributed by atoms with Gasteiger partial charge >= 0.3 is 5.65 Å². The second kappa shape index (κ2) is 16.3. The van der Waals surface area contributed by atoms with E-state index in [1.807, 2.05) is 109 Å². The van der Waals surface area contributed by atoms with Gasteiger partial charge in [-0.05, 0) is 54.1 Å².